The third-order valence-electron chi connectivity index (χ3n) is 1.41. The monoisotopic (exact) mass is 219 g/mol. The maximum Gasteiger partial charge on any atom is 0.458 e. The second-order valence-electron chi connectivity index (χ2n) is 3.00. The molecular formula is C7H13N3O3S. The van der Waals surface area contributed by atoms with Gasteiger partial charge < -0.3 is 0 Å². The molecular weight excluding hydrogens is 206 g/mol. The van der Waals surface area contributed by atoms with Crippen LogP contribution in [0.25, 0.3) is 0 Å². The van der Waals surface area contributed by atoms with Gasteiger partial charge in [-0.2, -0.15) is 16.8 Å². The summed E-state index contributed by atoms with van der Waals surface area (Å²) in [5, 5.41) is 6.32. The summed E-state index contributed by atoms with van der Waals surface area (Å²) in [6.45, 7) is 3.83. The molecule has 0 radical (unpaired) electrons. The molecule has 0 aliphatic heterocycles. The van der Waals surface area contributed by atoms with Crippen LogP contribution in [0.3, 0.4) is 0 Å². The summed E-state index contributed by atoms with van der Waals surface area (Å²) in [6, 6.07) is 0. The molecule has 0 saturated carbocycles. The molecule has 0 rings (SSSR count). The van der Waals surface area contributed by atoms with Crippen molar-refractivity contribution >= 4 is 24.1 Å². The van der Waals surface area contributed by atoms with E-state index in [4.69, 9.17) is 0 Å². The Balaban J connectivity index is 4.06. The lowest BCUT2D eigenvalue weighted by molar-refractivity contribution is 0.115. The van der Waals surface area contributed by atoms with Gasteiger partial charge >= 0.3 is 6.09 Å². The molecule has 6 nitrogen and oxygen atoms in total. The average molecular weight is 219 g/mol. The van der Waals surface area contributed by atoms with Crippen LogP contribution < -0.4 is 0 Å². The summed E-state index contributed by atoms with van der Waals surface area (Å²) in [6.07, 6.45) is 2.48. The van der Waals surface area contributed by atoms with Crippen LogP contribution in [0.5, 0.6) is 0 Å². The number of nitrogens with zero attached hydrogens (tertiary/aromatic N) is 3. The third kappa shape index (κ3) is 4.80. The van der Waals surface area contributed by atoms with Gasteiger partial charge in [0.1, 0.15) is 0 Å². The topological polar surface area (TPSA) is 71.3 Å². The maximum atomic E-state index is 10.8. The molecule has 0 unspecified atom stereocenters. The van der Waals surface area contributed by atoms with E-state index in [-0.39, 0.29) is 4.75 Å². The maximum absolute atomic E-state index is 10.8. The lowest BCUT2D eigenvalue weighted by atomic mass is 10.2. The predicted molar refractivity (Wildman–Crippen MR) is 56.1 cm³/mol. The molecule has 0 aromatic carbocycles. The van der Waals surface area contributed by atoms with Gasteiger partial charge in [0.05, 0.1) is 11.5 Å². The summed E-state index contributed by atoms with van der Waals surface area (Å²) < 4.78 is -0.215. The predicted octanol–water partition coefficient (Wildman–Crippen LogP) is 1.86. The Morgan fingerprint density at radius 2 is 2.14 bits per heavy atom. The fourth-order valence-electron chi connectivity index (χ4n) is 0.343. The summed E-state index contributed by atoms with van der Waals surface area (Å²) in [7, 11) is 1.19. The first-order chi connectivity index (χ1) is 6.43. The molecule has 0 aliphatic rings. The Bertz CT molecular complexity index is 242. The highest BCUT2D eigenvalue weighted by Crippen LogP contribution is 2.18. The van der Waals surface area contributed by atoms with Gasteiger partial charge in [-0.15, -0.1) is 4.91 Å². The molecule has 80 valence electrons. The number of amides is 1. The van der Waals surface area contributed by atoms with Crippen LogP contribution in [0.4, 0.5) is 4.79 Å². The zero-order chi connectivity index (χ0) is 11.2. The van der Waals surface area contributed by atoms with Gasteiger partial charge in [0, 0.05) is 11.8 Å². The van der Waals surface area contributed by atoms with Crippen molar-refractivity contribution in [2.75, 3.05) is 13.3 Å². The van der Waals surface area contributed by atoms with Gasteiger partial charge in [-0.25, -0.2) is 4.79 Å². The second-order valence-corrected chi connectivity index (χ2v) is 4.46. The molecule has 14 heavy (non-hydrogen) atoms. The minimum absolute atomic E-state index is 0.215. The highest BCUT2D eigenvalue weighted by molar-refractivity contribution is 8.00. The van der Waals surface area contributed by atoms with Crippen molar-refractivity contribution in [1.82, 2.24) is 5.01 Å². The van der Waals surface area contributed by atoms with Gasteiger partial charge in [-0.3, -0.25) is 4.84 Å². The van der Waals surface area contributed by atoms with Gasteiger partial charge in [-0.05, 0) is 20.1 Å². The van der Waals surface area contributed by atoms with Crippen LogP contribution in [-0.4, -0.2) is 35.4 Å². The van der Waals surface area contributed by atoms with E-state index in [9.17, 15) is 9.70 Å². The van der Waals surface area contributed by atoms with Crippen molar-refractivity contribution in [2.24, 2.45) is 10.4 Å². The van der Waals surface area contributed by atoms with Crippen molar-refractivity contribution in [1.29, 1.82) is 0 Å². The number of oxime groups is 1. The molecule has 0 fully saturated rings. The van der Waals surface area contributed by atoms with Gasteiger partial charge in [-0.1, -0.05) is 5.16 Å². The molecule has 0 aliphatic carbocycles. The Labute approximate surface area is 86.6 Å². The van der Waals surface area contributed by atoms with Crippen molar-refractivity contribution in [2.45, 2.75) is 18.6 Å². The number of carbonyl (C=O) groups excluding carboxylic acids is 1. The zero-order valence-electron chi connectivity index (χ0n) is 8.55. The average Bonchev–Trinajstić information content (AvgIpc) is 2.16. The summed E-state index contributed by atoms with van der Waals surface area (Å²) >= 11 is 1.55. The third-order valence-corrected chi connectivity index (χ3v) is 2.56. The molecule has 0 atom stereocenters. The standard InChI is InChI=1S/C7H13N3O3S/c1-7(2,14-4)5-8-13-6(11)10(3)9-12/h5H,1-4H3/b8-5-. The highest BCUT2D eigenvalue weighted by Gasteiger charge is 2.14. The van der Waals surface area contributed by atoms with Gasteiger partial charge in [0.25, 0.3) is 0 Å². The summed E-state index contributed by atoms with van der Waals surface area (Å²) in [5.74, 6) is 0. The fourth-order valence-corrected chi connectivity index (χ4v) is 0.492. The number of carbonyl (C=O) groups is 1. The van der Waals surface area contributed by atoms with Crippen molar-refractivity contribution in [3.63, 3.8) is 0 Å². The van der Waals surface area contributed by atoms with Crippen LogP contribution in [0, 0.1) is 4.91 Å². The normalized spacial score (nSPS) is 11.4. The van der Waals surface area contributed by atoms with E-state index in [1.807, 2.05) is 20.1 Å². The SMILES string of the molecule is CSC(C)(C)/C=N\OC(=O)N(C)N=O. The summed E-state index contributed by atoms with van der Waals surface area (Å²) in [5.41, 5.74) is 0. The van der Waals surface area contributed by atoms with Crippen molar-refractivity contribution in [3.8, 4) is 0 Å². The largest absolute Gasteiger partial charge is 0.458 e. The molecule has 7 heteroatoms. The smallest absolute Gasteiger partial charge is 0.297 e. The first kappa shape index (κ1) is 12.9. The minimum atomic E-state index is -0.909. The van der Waals surface area contributed by atoms with Crippen molar-refractivity contribution in [3.05, 3.63) is 4.91 Å². The molecule has 0 N–H and O–H groups in total. The van der Waals surface area contributed by atoms with E-state index in [1.165, 1.54) is 13.3 Å². The Kier molecular flexibility index (Phi) is 5.14. The molecule has 0 heterocycles. The molecule has 0 saturated heterocycles. The molecule has 0 aromatic rings. The fraction of sp³-hybridized carbons (Fsp3) is 0.714. The molecule has 0 aromatic heterocycles. The van der Waals surface area contributed by atoms with E-state index < -0.39 is 6.09 Å². The first-order valence-corrected chi connectivity index (χ1v) is 5.03. The van der Waals surface area contributed by atoms with E-state index in [1.54, 1.807) is 11.8 Å². The van der Waals surface area contributed by atoms with Gasteiger partial charge in [0.15, 0.2) is 0 Å². The highest BCUT2D eigenvalue weighted by atomic mass is 32.2. The lowest BCUT2D eigenvalue weighted by Crippen LogP contribution is -2.21. The van der Waals surface area contributed by atoms with Crippen molar-refractivity contribution < 1.29 is 9.63 Å². The number of hydrogen-bond acceptors (Lipinski definition) is 6. The quantitative estimate of drug-likeness (QED) is 0.313. The van der Waals surface area contributed by atoms with Crippen LogP contribution in [-0.2, 0) is 4.84 Å². The van der Waals surface area contributed by atoms with Crippen LogP contribution in [0.2, 0.25) is 0 Å². The van der Waals surface area contributed by atoms with E-state index in [2.05, 4.69) is 15.3 Å². The second kappa shape index (κ2) is 5.58. The van der Waals surface area contributed by atoms with Crippen LogP contribution in [0.15, 0.2) is 10.4 Å². The molecule has 0 bridgehead atoms. The van der Waals surface area contributed by atoms with Crippen LogP contribution in [0.1, 0.15) is 13.8 Å². The Hall–Kier alpha value is -1.11. The lowest BCUT2D eigenvalue weighted by Gasteiger charge is -2.14. The first-order valence-electron chi connectivity index (χ1n) is 3.80. The van der Waals surface area contributed by atoms with Gasteiger partial charge in [0.2, 0.25) is 0 Å². The Morgan fingerprint density at radius 1 is 1.57 bits per heavy atom. The summed E-state index contributed by atoms with van der Waals surface area (Å²) in [4.78, 5) is 25.1. The van der Waals surface area contributed by atoms with Crippen LogP contribution >= 0.6 is 11.8 Å². The minimum Gasteiger partial charge on any atom is -0.297 e. The number of rotatable bonds is 4. The van der Waals surface area contributed by atoms with E-state index in [0.29, 0.717) is 5.01 Å². The number of hydrogen-bond donors (Lipinski definition) is 0. The Morgan fingerprint density at radius 3 is 2.57 bits per heavy atom. The number of nitroso groups, excluding NO2 is 1. The van der Waals surface area contributed by atoms with E-state index in [0.717, 1.165) is 0 Å². The number of thioether (sulfide) groups is 1. The molecule has 0 spiro atoms. The molecule has 1 amide bonds. The zero-order valence-corrected chi connectivity index (χ0v) is 9.37. The van der Waals surface area contributed by atoms with E-state index >= 15 is 0 Å².